The topological polar surface area (TPSA) is 64.6 Å². The van der Waals surface area contributed by atoms with Crippen molar-refractivity contribution in [2.75, 3.05) is 18.2 Å². The minimum atomic E-state index is -3.32. The van der Waals surface area contributed by atoms with Gasteiger partial charge in [0.15, 0.2) is 5.75 Å². The van der Waals surface area contributed by atoms with Crippen molar-refractivity contribution >= 4 is 29.8 Å². The molecule has 7 heteroatoms. The molecule has 1 amide bonds. The Balaban J connectivity index is 2.18. The number of para-hydroxylation sites is 2. The van der Waals surface area contributed by atoms with Crippen LogP contribution in [-0.2, 0) is 9.09 Å². The van der Waals surface area contributed by atoms with Crippen LogP contribution in [0, 0.1) is 0 Å². The van der Waals surface area contributed by atoms with Gasteiger partial charge in [-0.15, -0.1) is 0 Å². The van der Waals surface area contributed by atoms with Crippen LogP contribution in [0.5, 0.6) is 5.75 Å². The van der Waals surface area contributed by atoms with E-state index in [0.29, 0.717) is 22.8 Å². The van der Waals surface area contributed by atoms with E-state index in [1.807, 2.05) is 13.0 Å². The fourth-order valence-electron chi connectivity index (χ4n) is 1.87. The second-order valence-corrected chi connectivity index (χ2v) is 9.10. The first-order valence-electron chi connectivity index (χ1n) is 7.53. The number of hydrogen-bond acceptors (Lipinski definition) is 5. The van der Waals surface area contributed by atoms with Crippen molar-refractivity contribution in [1.29, 1.82) is 0 Å². The molecule has 24 heavy (non-hydrogen) atoms. The van der Waals surface area contributed by atoms with Gasteiger partial charge in [0, 0.05) is 18.4 Å². The quantitative estimate of drug-likeness (QED) is 0.650. The Labute approximate surface area is 146 Å². The van der Waals surface area contributed by atoms with Crippen LogP contribution in [-0.4, -0.2) is 18.8 Å². The summed E-state index contributed by atoms with van der Waals surface area (Å²) in [6.45, 7) is -1.33. The van der Waals surface area contributed by atoms with Crippen LogP contribution in [0.3, 0.4) is 0 Å². The third-order valence-electron chi connectivity index (χ3n) is 3.06. The molecular formula is C17H20NO4PS. The van der Waals surface area contributed by atoms with E-state index in [1.54, 1.807) is 48.5 Å². The van der Waals surface area contributed by atoms with Crippen molar-refractivity contribution in [1.82, 2.24) is 0 Å². The van der Waals surface area contributed by atoms with Gasteiger partial charge in [-0.1, -0.05) is 37.3 Å². The average Bonchev–Trinajstić information content (AvgIpc) is 2.62. The SMILES string of the molecule is CCCSP(=O)(OC)Oc1ccccc1NC(=O)c1ccccc1. The summed E-state index contributed by atoms with van der Waals surface area (Å²) in [6.07, 6.45) is 0.855. The maximum absolute atomic E-state index is 12.6. The third kappa shape index (κ3) is 5.13. The van der Waals surface area contributed by atoms with E-state index in [0.717, 1.165) is 17.8 Å². The summed E-state index contributed by atoms with van der Waals surface area (Å²) in [5, 5.41) is 2.78. The van der Waals surface area contributed by atoms with Crippen LogP contribution in [0.2, 0.25) is 0 Å². The summed E-state index contributed by atoms with van der Waals surface area (Å²) in [5.74, 6) is 0.708. The molecule has 0 saturated carbocycles. The Kier molecular flexibility index (Phi) is 6.91. The van der Waals surface area contributed by atoms with E-state index >= 15 is 0 Å². The summed E-state index contributed by atoms with van der Waals surface area (Å²) in [5.41, 5.74) is 0.975. The molecule has 0 bridgehead atoms. The van der Waals surface area contributed by atoms with Gasteiger partial charge in [0.2, 0.25) is 0 Å². The second kappa shape index (κ2) is 8.92. The summed E-state index contributed by atoms with van der Waals surface area (Å²) in [7, 11) is 1.36. The zero-order chi connectivity index (χ0) is 17.4. The van der Waals surface area contributed by atoms with E-state index in [-0.39, 0.29) is 5.91 Å². The highest BCUT2D eigenvalue weighted by atomic mass is 32.7. The van der Waals surface area contributed by atoms with E-state index in [1.165, 1.54) is 7.11 Å². The maximum Gasteiger partial charge on any atom is 0.439 e. The molecule has 1 N–H and O–H groups in total. The van der Waals surface area contributed by atoms with Crippen LogP contribution in [0.1, 0.15) is 23.7 Å². The maximum atomic E-state index is 12.6. The summed E-state index contributed by atoms with van der Waals surface area (Å²) < 4.78 is 23.3. The molecule has 5 nitrogen and oxygen atoms in total. The van der Waals surface area contributed by atoms with E-state index in [4.69, 9.17) is 9.05 Å². The lowest BCUT2D eigenvalue weighted by Crippen LogP contribution is -2.12. The Bertz CT molecular complexity index is 724. The third-order valence-corrected chi connectivity index (χ3v) is 7.00. The van der Waals surface area contributed by atoms with Gasteiger partial charge in [0.05, 0.1) is 5.69 Å². The monoisotopic (exact) mass is 365 g/mol. The van der Waals surface area contributed by atoms with Crippen molar-refractivity contribution < 1.29 is 18.4 Å². The summed E-state index contributed by atoms with van der Waals surface area (Å²) in [4.78, 5) is 12.3. The van der Waals surface area contributed by atoms with Gasteiger partial charge in [0.25, 0.3) is 5.91 Å². The molecule has 0 heterocycles. The lowest BCUT2D eigenvalue weighted by molar-refractivity contribution is 0.102. The molecule has 0 fully saturated rings. The molecule has 0 radical (unpaired) electrons. The van der Waals surface area contributed by atoms with E-state index in [2.05, 4.69) is 5.32 Å². The first kappa shape index (κ1) is 18.6. The lowest BCUT2D eigenvalue weighted by atomic mass is 10.2. The van der Waals surface area contributed by atoms with Crippen LogP contribution < -0.4 is 9.84 Å². The molecule has 0 spiro atoms. The zero-order valence-electron chi connectivity index (χ0n) is 13.6. The number of carbonyl (C=O) groups is 1. The van der Waals surface area contributed by atoms with Crippen LogP contribution in [0.4, 0.5) is 5.69 Å². The average molecular weight is 365 g/mol. The fraction of sp³-hybridized carbons (Fsp3) is 0.235. The number of nitrogens with one attached hydrogen (secondary N) is 1. The zero-order valence-corrected chi connectivity index (χ0v) is 15.3. The standard InChI is InChI=1S/C17H20NO4PS/c1-3-13-24-23(20,21-2)22-16-12-8-7-11-15(16)18-17(19)14-9-5-4-6-10-14/h4-12H,3,13H2,1-2H3,(H,18,19). The van der Waals surface area contributed by atoms with Crippen molar-refractivity contribution in [2.24, 2.45) is 0 Å². The minimum absolute atomic E-state index is 0.264. The van der Waals surface area contributed by atoms with Gasteiger partial charge >= 0.3 is 6.80 Å². The van der Waals surface area contributed by atoms with Crippen molar-refractivity contribution in [3.05, 3.63) is 60.2 Å². The molecule has 128 valence electrons. The molecular weight excluding hydrogens is 345 g/mol. The van der Waals surface area contributed by atoms with Crippen LogP contribution >= 0.6 is 18.2 Å². The molecule has 2 aromatic rings. The number of amides is 1. The molecule has 0 aliphatic carbocycles. The Hall–Kier alpha value is -1.75. The summed E-state index contributed by atoms with van der Waals surface area (Å²) >= 11 is 1.14. The van der Waals surface area contributed by atoms with Crippen molar-refractivity contribution in [3.8, 4) is 5.75 Å². The summed E-state index contributed by atoms with van der Waals surface area (Å²) in [6, 6.07) is 15.7. The van der Waals surface area contributed by atoms with Crippen LogP contribution in [0.15, 0.2) is 54.6 Å². The largest absolute Gasteiger partial charge is 0.439 e. The highest BCUT2D eigenvalue weighted by Gasteiger charge is 2.26. The molecule has 0 aromatic heterocycles. The molecule has 1 unspecified atom stereocenters. The van der Waals surface area contributed by atoms with Gasteiger partial charge in [-0.05, 0) is 42.1 Å². The Morgan fingerprint density at radius 2 is 1.79 bits per heavy atom. The Morgan fingerprint density at radius 3 is 2.46 bits per heavy atom. The number of rotatable bonds is 8. The molecule has 0 saturated heterocycles. The van der Waals surface area contributed by atoms with Crippen molar-refractivity contribution in [2.45, 2.75) is 13.3 Å². The fourth-order valence-corrected chi connectivity index (χ4v) is 4.85. The number of hydrogen-bond donors (Lipinski definition) is 1. The van der Waals surface area contributed by atoms with Crippen molar-refractivity contribution in [3.63, 3.8) is 0 Å². The van der Waals surface area contributed by atoms with Gasteiger partial charge in [0.1, 0.15) is 0 Å². The molecule has 1 atom stereocenters. The normalized spacial score (nSPS) is 13.1. The van der Waals surface area contributed by atoms with Crippen LogP contribution in [0.25, 0.3) is 0 Å². The highest BCUT2D eigenvalue weighted by Crippen LogP contribution is 2.60. The first-order chi connectivity index (χ1) is 11.6. The lowest BCUT2D eigenvalue weighted by Gasteiger charge is -2.18. The number of carbonyl (C=O) groups excluding carboxylic acids is 1. The molecule has 0 aliphatic rings. The number of anilines is 1. The first-order valence-corrected chi connectivity index (χ1v) is 10.7. The second-order valence-electron chi connectivity index (χ2n) is 4.87. The van der Waals surface area contributed by atoms with Gasteiger partial charge in [-0.2, -0.15) is 0 Å². The van der Waals surface area contributed by atoms with E-state index < -0.39 is 6.80 Å². The molecule has 2 aromatic carbocycles. The van der Waals surface area contributed by atoms with Gasteiger partial charge in [-0.25, -0.2) is 4.57 Å². The minimum Gasteiger partial charge on any atom is -0.415 e. The predicted octanol–water partition coefficient (Wildman–Crippen LogP) is 5.22. The molecule has 0 aliphatic heterocycles. The van der Waals surface area contributed by atoms with Gasteiger partial charge < -0.3 is 9.84 Å². The Morgan fingerprint density at radius 1 is 1.12 bits per heavy atom. The molecule has 2 rings (SSSR count). The highest BCUT2D eigenvalue weighted by molar-refractivity contribution is 8.55. The van der Waals surface area contributed by atoms with E-state index in [9.17, 15) is 9.36 Å². The van der Waals surface area contributed by atoms with Gasteiger partial charge in [-0.3, -0.25) is 9.32 Å². The predicted molar refractivity (Wildman–Crippen MR) is 98.8 cm³/mol. The smallest absolute Gasteiger partial charge is 0.415 e. The number of benzene rings is 2.